The van der Waals surface area contributed by atoms with Gasteiger partial charge in [0.15, 0.2) is 0 Å². The summed E-state index contributed by atoms with van der Waals surface area (Å²) in [6.07, 6.45) is 1.95. The van der Waals surface area contributed by atoms with Crippen LogP contribution in [0.3, 0.4) is 0 Å². The van der Waals surface area contributed by atoms with Crippen molar-refractivity contribution in [1.29, 1.82) is 0 Å². The summed E-state index contributed by atoms with van der Waals surface area (Å²) >= 11 is 6.16. The van der Waals surface area contributed by atoms with Crippen LogP contribution >= 0.6 is 11.6 Å². The molecule has 1 atom stereocenters. The van der Waals surface area contributed by atoms with Crippen LogP contribution in [0.25, 0.3) is 0 Å². The van der Waals surface area contributed by atoms with E-state index in [4.69, 9.17) is 11.6 Å². The van der Waals surface area contributed by atoms with Crippen molar-refractivity contribution >= 4 is 29.4 Å². The largest absolute Gasteiger partial charge is 0.338 e. The molecule has 0 bridgehead atoms. The van der Waals surface area contributed by atoms with Gasteiger partial charge in [-0.3, -0.25) is 9.79 Å². The highest BCUT2D eigenvalue weighted by atomic mass is 35.5. The van der Waals surface area contributed by atoms with Gasteiger partial charge in [-0.05, 0) is 51.5 Å². The van der Waals surface area contributed by atoms with Crippen molar-refractivity contribution < 1.29 is 4.79 Å². The molecular formula is C16H19ClN2O. The van der Waals surface area contributed by atoms with Crippen LogP contribution < -0.4 is 0 Å². The van der Waals surface area contributed by atoms with Crippen LogP contribution in [0.2, 0.25) is 5.02 Å². The van der Waals surface area contributed by atoms with E-state index in [-0.39, 0.29) is 17.4 Å². The van der Waals surface area contributed by atoms with E-state index in [9.17, 15) is 4.79 Å². The molecule has 0 N–H and O–H groups in total. The Hall–Kier alpha value is -1.35. The second-order valence-electron chi connectivity index (χ2n) is 6.54. The van der Waals surface area contributed by atoms with Crippen LogP contribution in [0.15, 0.2) is 23.2 Å². The molecule has 106 valence electrons. The van der Waals surface area contributed by atoms with Gasteiger partial charge in [-0.1, -0.05) is 11.6 Å². The number of hydrogen-bond acceptors (Lipinski definition) is 2. The Morgan fingerprint density at radius 3 is 2.65 bits per heavy atom. The Morgan fingerprint density at radius 2 is 2.05 bits per heavy atom. The number of carbonyl (C=O) groups is 1. The molecule has 0 saturated carbocycles. The number of nitrogens with zero attached hydrogens (tertiary/aromatic N) is 2. The van der Waals surface area contributed by atoms with Crippen molar-refractivity contribution in [2.45, 2.75) is 39.2 Å². The first-order valence-corrected chi connectivity index (χ1v) is 7.34. The third kappa shape index (κ3) is 1.53. The summed E-state index contributed by atoms with van der Waals surface area (Å²) in [6.45, 7) is 8.81. The maximum atomic E-state index is 12.8. The minimum atomic E-state index is -0.503. The fraction of sp³-hybridized carbons (Fsp3) is 0.500. The summed E-state index contributed by atoms with van der Waals surface area (Å²) < 4.78 is 0. The second kappa shape index (κ2) is 4.08. The van der Waals surface area contributed by atoms with E-state index < -0.39 is 5.41 Å². The normalized spacial score (nSPS) is 26.9. The molecule has 3 rings (SSSR count). The summed E-state index contributed by atoms with van der Waals surface area (Å²) in [6, 6.07) is 5.93. The molecule has 3 nitrogen and oxygen atoms in total. The Kier molecular flexibility index (Phi) is 2.78. The molecule has 2 aliphatic rings. The zero-order chi connectivity index (χ0) is 14.7. The zero-order valence-corrected chi connectivity index (χ0v) is 13.0. The lowest BCUT2D eigenvalue weighted by Gasteiger charge is -2.33. The molecule has 20 heavy (non-hydrogen) atoms. The van der Waals surface area contributed by atoms with Gasteiger partial charge in [-0.15, -0.1) is 0 Å². The monoisotopic (exact) mass is 290 g/mol. The summed E-state index contributed by atoms with van der Waals surface area (Å²) in [4.78, 5) is 19.2. The fourth-order valence-corrected chi connectivity index (χ4v) is 3.53. The van der Waals surface area contributed by atoms with E-state index in [0.29, 0.717) is 11.6 Å². The van der Waals surface area contributed by atoms with Gasteiger partial charge >= 0.3 is 0 Å². The van der Waals surface area contributed by atoms with Gasteiger partial charge in [0.2, 0.25) is 5.91 Å². The number of rotatable bonds is 1. The van der Waals surface area contributed by atoms with E-state index >= 15 is 0 Å². The fourth-order valence-electron chi connectivity index (χ4n) is 3.36. The standard InChI is InChI=1S/C16H19ClN2O/c1-10(2)19-9-16(15(3,4)14(19)20)8-18-13-6-5-11(17)7-12(13)16/h5-8,10H,9H2,1-4H3/t16-/m1/s1. The molecule has 0 radical (unpaired) electrons. The molecule has 1 aromatic carbocycles. The average molecular weight is 291 g/mol. The number of likely N-dealkylation sites (tertiary alicyclic amines) is 1. The van der Waals surface area contributed by atoms with Crippen molar-refractivity contribution in [3.63, 3.8) is 0 Å². The van der Waals surface area contributed by atoms with Gasteiger partial charge in [-0.2, -0.15) is 0 Å². The van der Waals surface area contributed by atoms with Crippen molar-refractivity contribution in [3.05, 3.63) is 28.8 Å². The lowest BCUT2D eigenvalue weighted by molar-refractivity contribution is -0.136. The quantitative estimate of drug-likeness (QED) is 0.778. The lowest BCUT2D eigenvalue weighted by Crippen LogP contribution is -2.42. The SMILES string of the molecule is CC(C)N1C[C@@]2(C=Nc3ccc(Cl)cc32)C(C)(C)C1=O. The summed E-state index contributed by atoms with van der Waals surface area (Å²) in [7, 11) is 0. The minimum absolute atomic E-state index is 0.187. The summed E-state index contributed by atoms with van der Waals surface area (Å²) in [5, 5.41) is 0.694. The van der Waals surface area contributed by atoms with E-state index in [1.54, 1.807) is 0 Å². The molecule has 1 spiro atoms. The summed E-state index contributed by atoms with van der Waals surface area (Å²) in [5.74, 6) is 0.187. The number of amides is 1. The number of fused-ring (bicyclic) bond motifs is 2. The van der Waals surface area contributed by atoms with Gasteiger partial charge in [0, 0.05) is 23.8 Å². The Balaban J connectivity index is 2.18. The van der Waals surface area contributed by atoms with E-state index in [1.807, 2.05) is 43.2 Å². The Morgan fingerprint density at radius 1 is 1.35 bits per heavy atom. The molecule has 2 aliphatic heterocycles. The minimum Gasteiger partial charge on any atom is -0.338 e. The molecule has 0 aromatic heterocycles. The van der Waals surface area contributed by atoms with Crippen molar-refractivity contribution in [2.75, 3.05) is 6.54 Å². The van der Waals surface area contributed by atoms with Crippen LogP contribution in [0.1, 0.15) is 33.3 Å². The van der Waals surface area contributed by atoms with Gasteiger partial charge in [0.05, 0.1) is 16.5 Å². The average Bonchev–Trinajstić information content (AvgIpc) is 2.83. The van der Waals surface area contributed by atoms with Crippen LogP contribution in [0.4, 0.5) is 5.69 Å². The number of carbonyl (C=O) groups excluding carboxylic acids is 1. The van der Waals surface area contributed by atoms with Gasteiger partial charge in [0.1, 0.15) is 0 Å². The second-order valence-corrected chi connectivity index (χ2v) is 6.98. The Bertz CT molecular complexity index is 621. The highest BCUT2D eigenvalue weighted by molar-refractivity contribution is 6.30. The van der Waals surface area contributed by atoms with Gasteiger partial charge in [-0.25, -0.2) is 0 Å². The van der Waals surface area contributed by atoms with Gasteiger partial charge in [0.25, 0.3) is 0 Å². The number of benzene rings is 1. The molecular weight excluding hydrogens is 272 g/mol. The molecule has 2 heterocycles. The zero-order valence-electron chi connectivity index (χ0n) is 12.3. The first-order chi connectivity index (χ1) is 9.29. The number of aliphatic imine (C=N–C) groups is 1. The molecule has 4 heteroatoms. The van der Waals surface area contributed by atoms with E-state index in [2.05, 4.69) is 18.8 Å². The highest BCUT2D eigenvalue weighted by Crippen LogP contribution is 2.53. The predicted octanol–water partition coefficient (Wildman–Crippen LogP) is 3.57. The van der Waals surface area contributed by atoms with Crippen LogP contribution in [0.5, 0.6) is 0 Å². The topological polar surface area (TPSA) is 32.7 Å². The molecule has 0 unspecified atom stereocenters. The maximum Gasteiger partial charge on any atom is 0.229 e. The third-order valence-corrected chi connectivity index (χ3v) is 5.05. The number of hydrogen-bond donors (Lipinski definition) is 0. The maximum absolute atomic E-state index is 12.8. The lowest BCUT2D eigenvalue weighted by atomic mass is 9.65. The highest BCUT2D eigenvalue weighted by Gasteiger charge is 2.60. The summed E-state index contributed by atoms with van der Waals surface area (Å²) in [5.41, 5.74) is 1.14. The molecule has 1 fully saturated rings. The van der Waals surface area contributed by atoms with Crippen LogP contribution in [0, 0.1) is 5.41 Å². The number of halogens is 1. The molecule has 1 aromatic rings. The van der Waals surface area contributed by atoms with Crippen LogP contribution in [-0.4, -0.2) is 29.6 Å². The van der Waals surface area contributed by atoms with Crippen molar-refractivity contribution in [2.24, 2.45) is 10.4 Å². The Labute approximate surface area is 124 Å². The first kappa shape index (κ1) is 13.6. The smallest absolute Gasteiger partial charge is 0.229 e. The molecule has 0 aliphatic carbocycles. The van der Waals surface area contributed by atoms with E-state index in [1.165, 1.54) is 0 Å². The van der Waals surface area contributed by atoms with Crippen molar-refractivity contribution in [1.82, 2.24) is 4.90 Å². The first-order valence-electron chi connectivity index (χ1n) is 6.96. The predicted molar refractivity (Wildman–Crippen MR) is 81.9 cm³/mol. The molecule has 1 amide bonds. The van der Waals surface area contributed by atoms with Crippen molar-refractivity contribution in [3.8, 4) is 0 Å². The molecule has 1 saturated heterocycles. The van der Waals surface area contributed by atoms with E-state index in [0.717, 1.165) is 11.3 Å². The third-order valence-electron chi connectivity index (χ3n) is 4.82. The van der Waals surface area contributed by atoms with Crippen LogP contribution in [-0.2, 0) is 10.2 Å². The van der Waals surface area contributed by atoms with Gasteiger partial charge < -0.3 is 4.90 Å².